The fourth-order valence-corrected chi connectivity index (χ4v) is 3.21. The minimum absolute atomic E-state index is 0.0599. The van der Waals surface area contributed by atoms with Crippen LogP contribution < -0.4 is 5.73 Å². The van der Waals surface area contributed by atoms with Gasteiger partial charge in [0.25, 0.3) is 0 Å². The number of piperidine rings is 1. The van der Waals surface area contributed by atoms with Crippen LogP contribution >= 0.6 is 27.3 Å². The zero-order valence-electron chi connectivity index (χ0n) is 9.43. The highest BCUT2D eigenvalue weighted by molar-refractivity contribution is 9.11. The van der Waals surface area contributed by atoms with E-state index in [2.05, 4.69) is 15.9 Å². The van der Waals surface area contributed by atoms with Gasteiger partial charge in [-0.2, -0.15) is 0 Å². The molecule has 2 heterocycles. The molecule has 1 amide bonds. The van der Waals surface area contributed by atoms with E-state index < -0.39 is 0 Å². The number of rotatable bonds is 2. The lowest BCUT2D eigenvalue weighted by molar-refractivity contribution is -0.127. The van der Waals surface area contributed by atoms with Crippen molar-refractivity contribution in [3.8, 4) is 0 Å². The molecule has 1 atom stereocenters. The molecule has 0 aliphatic carbocycles. The van der Waals surface area contributed by atoms with Gasteiger partial charge in [0.05, 0.1) is 3.79 Å². The molecule has 3 nitrogen and oxygen atoms in total. The molecule has 2 N–H and O–H groups in total. The van der Waals surface area contributed by atoms with Gasteiger partial charge in [-0.05, 0) is 47.0 Å². The minimum atomic E-state index is 0.0599. The third-order valence-corrected chi connectivity index (χ3v) is 4.34. The maximum atomic E-state index is 11.9. The molecule has 1 aromatic rings. The molecule has 5 heteroatoms. The van der Waals surface area contributed by atoms with Crippen LogP contribution in [0.15, 0.2) is 22.0 Å². The van der Waals surface area contributed by atoms with E-state index in [9.17, 15) is 4.79 Å². The summed E-state index contributed by atoms with van der Waals surface area (Å²) in [5, 5.41) is 0. The summed E-state index contributed by atoms with van der Waals surface area (Å²) < 4.78 is 1.07. The molecular weight excluding hydrogens is 300 g/mol. The Labute approximate surface area is 113 Å². The summed E-state index contributed by atoms with van der Waals surface area (Å²) in [4.78, 5) is 14.8. The molecule has 2 rings (SSSR count). The van der Waals surface area contributed by atoms with Crippen LogP contribution in [0, 0.1) is 0 Å². The molecule has 17 heavy (non-hydrogen) atoms. The predicted molar refractivity (Wildman–Crippen MR) is 74.8 cm³/mol. The van der Waals surface area contributed by atoms with Gasteiger partial charge < -0.3 is 10.6 Å². The molecule has 1 fully saturated rings. The second kappa shape index (κ2) is 5.80. The summed E-state index contributed by atoms with van der Waals surface area (Å²) in [6.07, 6.45) is 5.52. The van der Waals surface area contributed by atoms with Crippen LogP contribution in [0.3, 0.4) is 0 Å². The smallest absolute Gasteiger partial charge is 0.246 e. The van der Waals surface area contributed by atoms with Crippen molar-refractivity contribution in [2.45, 2.75) is 18.9 Å². The summed E-state index contributed by atoms with van der Waals surface area (Å²) in [6.45, 7) is 1.50. The van der Waals surface area contributed by atoms with Gasteiger partial charge in [0, 0.05) is 30.1 Å². The van der Waals surface area contributed by atoms with Crippen LogP contribution in [0.25, 0.3) is 6.08 Å². The molecular formula is C12H15BrN2OS. The number of thiophene rings is 1. The van der Waals surface area contributed by atoms with Gasteiger partial charge >= 0.3 is 0 Å². The van der Waals surface area contributed by atoms with E-state index in [4.69, 9.17) is 5.73 Å². The van der Waals surface area contributed by atoms with Crippen molar-refractivity contribution >= 4 is 39.2 Å². The van der Waals surface area contributed by atoms with E-state index in [1.165, 1.54) is 0 Å². The molecule has 0 bridgehead atoms. The Morgan fingerprint density at radius 3 is 3.06 bits per heavy atom. The Morgan fingerprint density at radius 2 is 2.41 bits per heavy atom. The quantitative estimate of drug-likeness (QED) is 0.852. The van der Waals surface area contributed by atoms with Crippen LogP contribution in [-0.2, 0) is 4.79 Å². The normalized spacial score (nSPS) is 21.1. The summed E-state index contributed by atoms with van der Waals surface area (Å²) in [5.41, 5.74) is 5.85. The third-order valence-electron chi connectivity index (χ3n) is 2.75. The molecule has 92 valence electrons. The van der Waals surface area contributed by atoms with Crippen molar-refractivity contribution in [1.82, 2.24) is 4.90 Å². The van der Waals surface area contributed by atoms with E-state index in [0.29, 0.717) is 6.54 Å². The number of nitrogens with zero attached hydrogens (tertiary/aromatic N) is 1. The highest BCUT2D eigenvalue weighted by Crippen LogP contribution is 2.23. The lowest BCUT2D eigenvalue weighted by Crippen LogP contribution is -2.45. The Balaban J connectivity index is 1.94. The van der Waals surface area contributed by atoms with Gasteiger partial charge in [-0.15, -0.1) is 11.3 Å². The van der Waals surface area contributed by atoms with Gasteiger partial charge in [-0.25, -0.2) is 0 Å². The summed E-state index contributed by atoms with van der Waals surface area (Å²) in [6, 6.07) is 4.10. The summed E-state index contributed by atoms with van der Waals surface area (Å²) in [7, 11) is 0. The monoisotopic (exact) mass is 314 g/mol. The van der Waals surface area contributed by atoms with Crippen molar-refractivity contribution in [3.05, 3.63) is 26.9 Å². The van der Waals surface area contributed by atoms with E-state index in [-0.39, 0.29) is 11.9 Å². The molecule has 0 aromatic carbocycles. The first kappa shape index (κ1) is 12.8. The summed E-state index contributed by atoms with van der Waals surface area (Å²) >= 11 is 5.01. The molecule has 0 spiro atoms. The average molecular weight is 315 g/mol. The van der Waals surface area contributed by atoms with Crippen LogP contribution in [0.2, 0.25) is 0 Å². The molecule has 1 saturated heterocycles. The van der Waals surface area contributed by atoms with Crippen molar-refractivity contribution in [1.29, 1.82) is 0 Å². The fraction of sp³-hybridized carbons (Fsp3) is 0.417. The first-order valence-electron chi connectivity index (χ1n) is 5.63. The van der Waals surface area contributed by atoms with E-state index in [0.717, 1.165) is 28.0 Å². The number of halogens is 1. The van der Waals surface area contributed by atoms with E-state index >= 15 is 0 Å². The zero-order valence-corrected chi connectivity index (χ0v) is 11.8. The van der Waals surface area contributed by atoms with Gasteiger partial charge in [0.2, 0.25) is 5.91 Å². The lowest BCUT2D eigenvalue weighted by atomic mass is 10.1. The number of hydrogen-bond donors (Lipinski definition) is 1. The fourth-order valence-electron chi connectivity index (χ4n) is 1.89. The van der Waals surface area contributed by atoms with Gasteiger partial charge in [0.15, 0.2) is 0 Å². The third kappa shape index (κ3) is 3.66. The molecule has 1 aliphatic rings. The maximum absolute atomic E-state index is 11.9. The standard InChI is InChI=1S/C12H15BrN2OS/c13-11-5-3-10(17-11)4-6-12(16)15-7-1-2-9(14)8-15/h3-6,9H,1-2,7-8,14H2. The molecule has 0 saturated carbocycles. The Morgan fingerprint density at radius 1 is 1.59 bits per heavy atom. The Kier molecular flexibility index (Phi) is 4.36. The highest BCUT2D eigenvalue weighted by atomic mass is 79.9. The van der Waals surface area contributed by atoms with Gasteiger partial charge in [-0.3, -0.25) is 4.79 Å². The second-order valence-corrected chi connectivity index (χ2v) is 6.66. The molecule has 1 unspecified atom stereocenters. The molecule has 1 aliphatic heterocycles. The Bertz CT molecular complexity index is 430. The van der Waals surface area contributed by atoms with Crippen LogP contribution in [-0.4, -0.2) is 29.9 Å². The van der Waals surface area contributed by atoms with Gasteiger partial charge in [0.1, 0.15) is 0 Å². The first-order chi connectivity index (χ1) is 8.15. The maximum Gasteiger partial charge on any atom is 0.246 e. The predicted octanol–water partition coefficient (Wildman–Crippen LogP) is 2.47. The van der Waals surface area contributed by atoms with Crippen LogP contribution in [0.1, 0.15) is 17.7 Å². The Hall–Kier alpha value is -0.650. The number of carbonyl (C=O) groups is 1. The average Bonchev–Trinajstić information content (AvgIpc) is 2.72. The lowest BCUT2D eigenvalue weighted by Gasteiger charge is -2.29. The molecule has 0 radical (unpaired) electrons. The SMILES string of the molecule is NC1CCCN(C(=O)C=Cc2ccc(Br)s2)C1. The largest absolute Gasteiger partial charge is 0.338 e. The number of hydrogen-bond acceptors (Lipinski definition) is 3. The zero-order chi connectivity index (χ0) is 12.3. The second-order valence-electron chi connectivity index (χ2n) is 4.16. The highest BCUT2D eigenvalue weighted by Gasteiger charge is 2.19. The van der Waals surface area contributed by atoms with Crippen molar-refractivity contribution in [3.63, 3.8) is 0 Å². The number of amides is 1. The van der Waals surface area contributed by atoms with Crippen LogP contribution in [0.5, 0.6) is 0 Å². The van der Waals surface area contributed by atoms with Crippen LogP contribution in [0.4, 0.5) is 0 Å². The summed E-state index contributed by atoms with van der Waals surface area (Å²) in [5.74, 6) is 0.0599. The van der Waals surface area contributed by atoms with E-state index in [1.807, 2.05) is 23.1 Å². The topological polar surface area (TPSA) is 46.3 Å². The first-order valence-corrected chi connectivity index (χ1v) is 7.24. The number of carbonyl (C=O) groups excluding carboxylic acids is 1. The number of likely N-dealkylation sites (tertiary alicyclic amines) is 1. The minimum Gasteiger partial charge on any atom is -0.338 e. The number of nitrogens with two attached hydrogens (primary N) is 1. The van der Waals surface area contributed by atoms with E-state index in [1.54, 1.807) is 17.4 Å². The molecule has 1 aromatic heterocycles. The van der Waals surface area contributed by atoms with Gasteiger partial charge in [-0.1, -0.05) is 0 Å². The van der Waals surface area contributed by atoms with Crippen molar-refractivity contribution in [2.75, 3.05) is 13.1 Å². The van der Waals surface area contributed by atoms with Crippen molar-refractivity contribution in [2.24, 2.45) is 5.73 Å². The van der Waals surface area contributed by atoms with Crippen molar-refractivity contribution < 1.29 is 4.79 Å².